The summed E-state index contributed by atoms with van der Waals surface area (Å²) in [6.45, 7) is 5.86. The van der Waals surface area contributed by atoms with Gasteiger partial charge in [0.15, 0.2) is 0 Å². The van der Waals surface area contributed by atoms with Gasteiger partial charge in [-0.1, -0.05) is 12.1 Å². The molecule has 0 amide bonds. The summed E-state index contributed by atoms with van der Waals surface area (Å²) in [5, 5.41) is 12.3. The van der Waals surface area contributed by atoms with E-state index in [9.17, 15) is 4.79 Å². The lowest BCUT2D eigenvalue weighted by Gasteiger charge is -2.23. The molecule has 0 radical (unpaired) electrons. The van der Waals surface area contributed by atoms with Gasteiger partial charge in [-0.2, -0.15) is 0 Å². The van der Waals surface area contributed by atoms with E-state index in [0.717, 1.165) is 11.3 Å². The van der Waals surface area contributed by atoms with Gasteiger partial charge in [0.1, 0.15) is 5.75 Å². The first-order chi connectivity index (χ1) is 8.36. The van der Waals surface area contributed by atoms with Crippen LogP contribution in [0.5, 0.6) is 5.75 Å². The smallest absolute Gasteiger partial charge is 0.310 e. The molecule has 4 heteroatoms. The van der Waals surface area contributed by atoms with Crippen LogP contribution in [0.1, 0.15) is 32.4 Å². The number of methoxy groups -OCH3 is 1. The fraction of sp³-hybridized carbons (Fsp3) is 0.500. The summed E-state index contributed by atoms with van der Waals surface area (Å²) in [6.07, 6.45) is 0. The van der Waals surface area contributed by atoms with Crippen molar-refractivity contribution in [1.29, 1.82) is 0 Å². The van der Waals surface area contributed by atoms with Crippen LogP contribution >= 0.6 is 0 Å². The van der Waals surface area contributed by atoms with Crippen molar-refractivity contribution < 1.29 is 14.6 Å². The predicted molar refractivity (Wildman–Crippen MR) is 70.8 cm³/mol. The highest BCUT2D eigenvalue weighted by molar-refractivity contribution is 5.73. The van der Waals surface area contributed by atoms with Crippen LogP contribution in [0.15, 0.2) is 24.3 Å². The highest BCUT2D eigenvalue weighted by Crippen LogP contribution is 2.19. The number of nitrogens with one attached hydrogen (secondary N) is 1. The molecule has 1 rings (SSSR count). The maximum Gasteiger partial charge on any atom is 0.310 e. The van der Waals surface area contributed by atoms with Gasteiger partial charge < -0.3 is 15.2 Å². The van der Waals surface area contributed by atoms with Gasteiger partial charge >= 0.3 is 5.97 Å². The van der Waals surface area contributed by atoms with E-state index in [1.807, 2.05) is 31.2 Å². The average Bonchev–Trinajstić information content (AvgIpc) is 2.36. The third-order valence-corrected chi connectivity index (χ3v) is 3.04. The SMILES string of the molecule is COc1ccc(C(C)NCC(C)(C)C(=O)O)cc1. The number of hydrogen-bond acceptors (Lipinski definition) is 3. The van der Waals surface area contributed by atoms with Crippen LogP contribution in [0, 0.1) is 5.41 Å². The molecule has 0 aliphatic carbocycles. The topological polar surface area (TPSA) is 58.6 Å². The van der Waals surface area contributed by atoms with Crippen LogP contribution in [-0.2, 0) is 4.79 Å². The molecule has 18 heavy (non-hydrogen) atoms. The van der Waals surface area contributed by atoms with E-state index in [1.54, 1.807) is 21.0 Å². The van der Waals surface area contributed by atoms with Gasteiger partial charge in [-0.25, -0.2) is 0 Å². The molecular weight excluding hydrogens is 230 g/mol. The Bertz CT molecular complexity index is 398. The molecule has 2 N–H and O–H groups in total. The van der Waals surface area contributed by atoms with E-state index in [0.29, 0.717) is 6.54 Å². The maximum atomic E-state index is 11.0. The number of benzene rings is 1. The Morgan fingerprint density at radius 3 is 2.39 bits per heavy atom. The molecule has 1 aromatic carbocycles. The molecule has 1 atom stereocenters. The molecular formula is C14H21NO3. The van der Waals surface area contributed by atoms with Crippen LogP contribution in [0.25, 0.3) is 0 Å². The molecule has 0 aromatic heterocycles. The Hall–Kier alpha value is -1.55. The van der Waals surface area contributed by atoms with Crippen molar-refractivity contribution in [3.8, 4) is 5.75 Å². The monoisotopic (exact) mass is 251 g/mol. The van der Waals surface area contributed by atoms with Crippen LogP contribution in [0.4, 0.5) is 0 Å². The third kappa shape index (κ3) is 3.74. The normalized spacial score (nSPS) is 13.1. The van der Waals surface area contributed by atoms with E-state index in [1.165, 1.54) is 0 Å². The zero-order valence-corrected chi connectivity index (χ0v) is 11.4. The summed E-state index contributed by atoms with van der Waals surface area (Å²) in [6, 6.07) is 7.86. The average molecular weight is 251 g/mol. The summed E-state index contributed by atoms with van der Waals surface area (Å²) in [4.78, 5) is 11.0. The first kappa shape index (κ1) is 14.5. The number of ether oxygens (including phenoxy) is 1. The van der Waals surface area contributed by atoms with E-state index in [2.05, 4.69) is 5.32 Å². The molecule has 1 aromatic rings. The molecule has 4 nitrogen and oxygen atoms in total. The molecule has 100 valence electrons. The number of rotatable bonds is 6. The Morgan fingerprint density at radius 1 is 1.39 bits per heavy atom. The van der Waals surface area contributed by atoms with Crippen molar-refractivity contribution in [2.45, 2.75) is 26.8 Å². The lowest BCUT2D eigenvalue weighted by molar-refractivity contribution is -0.146. The Morgan fingerprint density at radius 2 is 1.94 bits per heavy atom. The first-order valence-corrected chi connectivity index (χ1v) is 5.97. The quantitative estimate of drug-likeness (QED) is 0.815. The Labute approximate surface area is 108 Å². The molecule has 0 fully saturated rings. The van der Waals surface area contributed by atoms with E-state index in [-0.39, 0.29) is 6.04 Å². The van der Waals surface area contributed by atoms with E-state index < -0.39 is 11.4 Å². The second-order valence-corrected chi connectivity index (χ2v) is 5.06. The van der Waals surface area contributed by atoms with Gasteiger partial charge in [0, 0.05) is 12.6 Å². The molecule has 0 saturated carbocycles. The summed E-state index contributed by atoms with van der Waals surface area (Å²) in [5.74, 6) is 0.0220. The molecule has 0 aliphatic heterocycles. The van der Waals surface area contributed by atoms with Gasteiger partial charge in [-0.05, 0) is 38.5 Å². The molecule has 0 bridgehead atoms. The highest BCUT2D eigenvalue weighted by atomic mass is 16.5. The molecule has 0 aliphatic rings. The minimum absolute atomic E-state index is 0.106. The number of hydrogen-bond donors (Lipinski definition) is 2. The number of aliphatic carboxylic acids is 1. The zero-order chi connectivity index (χ0) is 13.8. The van der Waals surface area contributed by atoms with Crippen molar-refractivity contribution in [1.82, 2.24) is 5.32 Å². The van der Waals surface area contributed by atoms with Gasteiger partial charge in [0.25, 0.3) is 0 Å². The predicted octanol–water partition coefficient (Wildman–Crippen LogP) is 2.46. The molecule has 0 spiro atoms. The molecule has 0 heterocycles. The van der Waals surface area contributed by atoms with Crippen molar-refractivity contribution in [3.63, 3.8) is 0 Å². The first-order valence-electron chi connectivity index (χ1n) is 5.97. The second kappa shape index (κ2) is 5.87. The highest BCUT2D eigenvalue weighted by Gasteiger charge is 2.27. The van der Waals surface area contributed by atoms with E-state index >= 15 is 0 Å². The standard InChI is InChI=1S/C14H21NO3/c1-10(15-9-14(2,3)13(16)17)11-5-7-12(18-4)8-6-11/h5-8,10,15H,9H2,1-4H3,(H,16,17). The summed E-state index contributed by atoms with van der Waals surface area (Å²) in [7, 11) is 1.63. The van der Waals surface area contributed by atoms with Crippen LogP contribution < -0.4 is 10.1 Å². The second-order valence-electron chi connectivity index (χ2n) is 5.06. The Balaban J connectivity index is 2.59. The van der Waals surface area contributed by atoms with Gasteiger partial charge in [-0.3, -0.25) is 4.79 Å². The number of carboxylic acids is 1. The fourth-order valence-electron chi connectivity index (χ4n) is 1.49. The van der Waals surface area contributed by atoms with Crippen molar-refractivity contribution in [2.24, 2.45) is 5.41 Å². The molecule has 1 unspecified atom stereocenters. The van der Waals surface area contributed by atoms with Gasteiger partial charge in [0.2, 0.25) is 0 Å². The lowest BCUT2D eigenvalue weighted by Crippen LogP contribution is -2.37. The van der Waals surface area contributed by atoms with Crippen molar-refractivity contribution >= 4 is 5.97 Å². The minimum Gasteiger partial charge on any atom is -0.497 e. The van der Waals surface area contributed by atoms with Crippen LogP contribution in [0.2, 0.25) is 0 Å². The van der Waals surface area contributed by atoms with Gasteiger partial charge in [-0.15, -0.1) is 0 Å². The van der Waals surface area contributed by atoms with E-state index in [4.69, 9.17) is 9.84 Å². The van der Waals surface area contributed by atoms with Crippen molar-refractivity contribution in [2.75, 3.05) is 13.7 Å². The summed E-state index contributed by atoms with van der Waals surface area (Å²) in [5.41, 5.74) is 0.345. The van der Waals surface area contributed by atoms with Crippen LogP contribution in [-0.4, -0.2) is 24.7 Å². The van der Waals surface area contributed by atoms with Crippen LogP contribution in [0.3, 0.4) is 0 Å². The summed E-state index contributed by atoms with van der Waals surface area (Å²) >= 11 is 0. The largest absolute Gasteiger partial charge is 0.497 e. The number of carbonyl (C=O) groups is 1. The number of carboxylic acid groups (broad SMARTS) is 1. The minimum atomic E-state index is -0.795. The summed E-state index contributed by atoms with van der Waals surface area (Å²) < 4.78 is 5.10. The Kier molecular flexibility index (Phi) is 4.73. The third-order valence-electron chi connectivity index (χ3n) is 3.04. The van der Waals surface area contributed by atoms with Gasteiger partial charge in [0.05, 0.1) is 12.5 Å². The van der Waals surface area contributed by atoms with Crippen molar-refractivity contribution in [3.05, 3.63) is 29.8 Å². The lowest BCUT2D eigenvalue weighted by atomic mass is 9.93. The fourth-order valence-corrected chi connectivity index (χ4v) is 1.49. The molecule has 0 saturated heterocycles. The zero-order valence-electron chi connectivity index (χ0n) is 11.4. The maximum absolute atomic E-state index is 11.0.